The first-order valence-corrected chi connectivity index (χ1v) is 13.2. The molecule has 1 aliphatic carbocycles. The van der Waals surface area contributed by atoms with Crippen LogP contribution in [0.1, 0.15) is 69.1 Å². The molecule has 0 bridgehead atoms. The van der Waals surface area contributed by atoms with Gasteiger partial charge in [-0.15, -0.1) is 11.8 Å². The maximum absolute atomic E-state index is 5.98. The molecule has 0 fully saturated rings. The van der Waals surface area contributed by atoms with Crippen LogP contribution in [-0.4, -0.2) is 5.75 Å². The predicted molar refractivity (Wildman–Crippen MR) is 138 cm³/mol. The second-order valence-corrected chi connectivity index (χ2v) is 10.4. The van der Waals surface area contributed by atoms with E-state index in [0.29, 0.717) is 0 Å². The molecule has 31 heavy (non-hydrogen) atoms. The fraction of sp³-hybridized carbons (Fsp3) is 0.379. The molecule has 0 N–H and O–H groups in total. The Kier molecular flexibility index (Phi) is 7.46. The van der Waals surface area contributed by atoms with Crippen LogP contribution in [0.5, 0.6) is 0 Å². The molecule has 0 spiro atoms. The van der Waals surface area contributed by atoms with Gasteiger partial charge in [0.2, 0.25) is 0 Å². The molecule has 2 heteroatoms. The van der Waals surface area contributed by atoms with Crippen molar-refractivity contribution < 1.29 is 0 Å². The van der Waals surface area contributed by atoms with E-state index in [4.69, 9.17) is 11.6 Å². The van der Waals surface area contributed by atoms with Crippen LogP contribution < -0.4 is 0 Å². The van der Waals surface area contributed by atoms with Crippen LogP contribution in [0.2, 0.25) is 5.02 Å². The van der Waals surface area contributed by atoms with E-state index in [1.807, 2.05) is 23.9 Å². The maximum atomic E-state index is 5.98. The van der Waals surface area contributed by atoms with Crippen molar-refractivity contribution in [2.45, 2.75) is 69.1 Å². The van der Waals surface area contributed by atoms with Gasteiger partial charge in [0.15, 0.2) is 0 Å². The Bertz CT molecular complexity index is 1000. The number of hydrogen-bond donors (Lipinski definition) is 0. The summed E-state index contributed by atoms with van der Waals surface area (Å²) in [4.78, 5) is 1.31. The van der Waals surface area contributed by atoms with E-state index in [2.05, 4.69) is 68.4 Å². The van der Waals surface area contributed by atoms with E-state index in [0.717, 1.165) is 10.8 Å². The van der Waals surface area contributed by atoms with Crippen LogP contribution in [0.3, 0.4) is 0 Å². The van der Waals surface area contributed by atoms with Crippen molar-refractivity contribution in [3.63, 3.8) is 0 Å². The fourth-order valence-electron chi connectivity index (χ4n) is 5.33. The van der Waals surface area contributed by atoms with Gasteiger partial charge in [-0.05, 0) is 89.9 Å². The second kappa shape index (κ2) is 10.3. The van der Waals surface area contributed by atoms with Crippen molar-refractivity contribution in [1.82, 2.24) is 0 Å². The third-order valence-electron chi connectivity index (χ3n) is 6.63. The second-order valence-electron chi connectivity index (χ2n) is 8.77. The summed E-state index contributed by atoms with van der Waals surface area (Å²) in [6, 6.07) is 24.6. The van der Waals surface area contributed by atoms with Gasteiger partial charge in [-0.2, -0.15) is 0 Å². The van der Waals surface area contributed by atoms with Gasteiger partial charge in [0.25, 0.3) is 0 Å². The minimum Gasteiger partial charge on any atom is -0.126 e. The number of rotatable bonds is 10. The van der Waals surface area contributed by atoms with Crippen molar-refractivity contribution >= 4 is 23.4 Å². The summed E-state index contributed by atoms with van der Waals surface area (Å²) in [5.74, 6) is 1.16. The van der Waals surface area contributed by atoms with E-state index in [-0.39, 0.29) is 5.41 Å². The number of aryl methyl sites for hydroxylation is 1. The molecule has 0 aliphatic heterocycles. The minimum absolute atomic E-state index is 0.204. The van der Waals surface area contributed by atoms with E-state index < -0.39 is 0 Å². The van der Waals surface area contributed by atoms with Crippen LogP contribution in [0.15, 0.2) is 71.6 Å². The molecule has 0 radical (unpaired) electrons. The van der Waals surface area contributed by atoms with Gasteiger partial charge in [0, 0.05) is 15.3 Å². The molecule has 0 unspecified atom stereocenters. The summed E-state index contributed by atoms with van der Waals surface area (Å²) in [5, 5.41) is 0.810. The highest BCUT2D eigenvalue weighted by molar-refractivity contribution is 7.99. The average Bonchev–Trinajstić information content (AvgIpc) is 3.05. The van der Waals surface area contributed by atoms with Crippen LogP contribution in [0, 0.1) is 0 Å². The summed E-state index contributed by atoms with van der Waals surface area (Å²) in [5.41, 5.74) is 7.79. The van der Waals surface area contributed by atoms with Crippen molar-refractivity contribution in [2.75, 3.05) is 5.75 Å². The molecule has 162 valence electrons. The normalized spacial score (nSPS) is 13.8. The Morgan fingerprint density at radius 1 is 0.774 bits per heavy atom. The van der Waals surface area contributed by atoms with Gasteiger partial charge in [0.05, 0.1) is 0 Å². The Balaban J connectivity index is 1.46. The zero-order valence-corrected chi connectivity index (χ0v) is 20.4. The van der Waals surface area contributed by atoms with Gasteiger partial charge >= 0.3 is 0 Å². The number of fused-ring (bicyclic) bond motifs is 3. The Morgan fingerprint density at radius 3 is 2.23 bits per heavy atom. The van der Waals surface area contributed by atoms with Crippen molar-refractivity contribution in [2.24, 2.45) is 0 Å². The minimum atomic E-state index is 0.204. The van der Waals surface area contributed by atoms with Gasteiger partial charge in [0.1, 0.15) is 0 Å². The molecule has 0 saturated carbocycles. The summed E-state index contributed by atoms with van der Waals surface area (Å²) >= 11 is 7.91. The molecule has 0 nitrogen and oxygen atoms in total. The summed E-state index contributed by atoms with van der Waals surface area (Å²) in [7, 11) is 0. The Hall–Kier alpha value is -1.70. The number of benzene rings is 3. The van der Waals surface area contributed by atoms with E-state index in [9.17, 15) is 0 Å². The van der Waals surface area contributed by atoms with E-state index >= 15 is 0 Å². The monoisotopic (exact) mass is 448 g/mol. The molecule has 4 rings (SSSR count). The van der Waals surface area contributed by atoms with Gasteiger partial charge in [-0.1, -0.05) is 80.8 Å². The molecular formula is C29H33ClS. The summed E-state index contributed by atoms with van der Waals surface area (Å²) in [6.07, 6.45) is 8.57. The number of thioether (sulfide) groups is 1. The van der Waals surface area contributed by atoms with Crippen LogP contribution in [0.4, 0.5) is 0 Å². The van der Waals surface area contributed by atoms with Crippen molar-refractivity contribution in [3.8, 4) is 11.1 Å². The largest absolute Gasteiger partial charge is 0.126 e. The lowest BCUT2D eigenvalue weighted by Crippen LogP contribution is -2.25. The van der Waals surface area contributed by atoms with Crippen LogP contribution in [0.25, 0.3) is 11.1 Å². The third kappa shape index (κ3) is 4.73. The average molecular weight is 449 g/mol. The number of hydrogen-bond acceptors (Lipinski definition) is 1. The first kappa shape index (κ1) is 22.5. The maximum Gasteiger partial charge on any atom is 0.0406 e. The van der Waals surface area contributed by atoms with Crippen molar-refractivity contribution in [3.05, 3.63) is 88.4 Å². The molecule has 1 aliphatic rings. The molecule has 3 aromatic rings. The first-order valence-electron chi connectivity index (χ1n) is 11.8. The van der Waals surface area contributed by atoms with Gasteiger partial charge in [-0.3, -0.25) is 0 Å². The lowest BCUT2D eigenvalue weighted by Gasteiger charge is -2.32. The molecule has 0 saturated heterocycles. The molecule has 0 amide bonds. The summed E-state index contributed by atoms with van der Waals surface area (Å²) in [6.45, 7) is 4.67. The van der Waals surface area contributed by atoms with Crippen LogP contribution >= 0.6 is 23.4 Å². The lowest BCUT2D eigenvalue weighted by molar-refractivity contribution is 0.435. The summed E-state index contributed by atoms with van der Waals surface area (Å²) < 4.78 is 0. The molecule has 0 heterocycles. The highest BCUT2D eigenvalue weighted by Gasteiger charge is 2.41. The zero-order chi connectivity index (χ0) is 21.7. The lowest BCUT2D eigenvalue weighted by atomic mass is 9.71. The zero-order valence-electron chi connectivity index (χ0n) is 18.8. The topological polar surface area (TPSA) is 0 Å². The number of unbranched alkanes of at least 4 members (excludes halogenated alkanes) is 1. The Labute approximate surface area is 197 Å². The Morgan fingerprint density at radius 2 is 1.48 bits per heavy atom. The highest BCUT2D eigenvalue weighted by Crippen LogP contribution is 2.53. The van der Waals surface area contributed by atoms with Crippen LogP contribution in [-0.2, 0) is 11.8 Å². The quantitative estimate of drug-likeness (QED) is 0.220. The number of halogens is 1. The fourth-order valence-corrected chi connectivity index (χ4v) is 6.37. The smallest absolute Gasteiger partial charge is 0.0406 e. The van der Waals surface area contributed by atoms with E-state index in [1.54, 1.807) is 11.1 Å². The third-order valence-corrected chi connectivity index (χ3v) is 7.98. The van der Waals surface area contributed by atoms with Gasteiger partial charge < -0.3 is 0 Å². The molecule has 3 aromatic carbocycles. The van der Waals surface area contributed by atoms with E-state index in [1.165, 1.54) is 66.5 Å². The highest BCUT2D eigenvalue weighted by atomic mass is 35.5. The van der Waals surface area contributed by atoms with Crippen molar-refractivity contribution in [1.29, 1.82) is 0 Å². The molecule has 0 aromatic heterocycles. The standard InChI is InChI=1S/C29H33ClS/c1-3-18-29(19-4-2)27-11-6-5-10-25(27)26-17-12-22(21-28(26)29)9-7-8-20-31-24-15-13-23(30)14-16-24/h5-6,10-17,21H,3-4,7-9,18-20H2,1-2H3. The molecular weight excluding hydrogens is 416 g/mol. The first-order chi connectivity index (χ1) is 15.2. The predicted octanol–water partition coefficient (Wildman–Crippen LogP) is 9.32. The SMILES string of the molecule is CCCC1(CCC)c2ccccc2-c2ccc(CCCCSc3ccc(Cl)cc3)cc21. The van der Waals surface area contributed by atoms with Gasteiger partial charge in [-0.25, -0.2) is 0 Å². The molecule has 0 atom stereocenters.